The summed E-state index contributed by atoms with van der Waals surface area (Å²) in [5.74, 6) is 0.0598. The third-order valence-electron chi connectivity index (χ3n) is 3.67. The average Bonchev–Trinajstić information content (AvgIpc) is 3.02. The van der Waals surface area contributed by atoms with E-state index in [1.165, 1.54) is 24.3 Å². The second-order valence-corrected chi connectivity index (χ2v) is 6.94. The van der Waals surface area contributed by atoms with Crippen LogP contribution in [0.25, 0.3) is 5.78 Å². The summed E-state index contributed by atoms with van der Waals surface area (Å²) in [7, 11) is 0. The van der Waals surface area contributed by atoms with E-state index in [-0.39, 0.29) is 28.8 Å². The Morgan fingerprint density at radius 1 is 1.37 bits per heavy atom. The number of nitro benzene ring substituents is 1. The zero-order valence-electron chi connectivity index (χ0n) is 14.5. The molecule has 0 saturated carbocycles. The van der Waals surface area contributed by atoms with Gasteiger partial charge in [0.2, 0.25) is 11.7 Å². The fraction of sp³-hybridized carbons (Fsp3) is 0.250. The van der Waals surface area contributed by atoms with Crippen molar-refractivity contribution in [2.45, 2.75) is 24.9 Å². The summed E-state index contributed by atoms with van der Waals surface area (Å²) >= 11 is 1.15. The van der Waals surface area contributed by atoms with E-state index in [4.69, 9.17) is 0 Å². The lowest BCUT2D eigenvalue weighted by atomic mass is 10.1. The van der Waals surface area contributed by atoms with Crippen LogP contribution in [0.5, 0.6) is 0 Å². The van der Waals surface area contributed by atoms with Crippen LogP contribution in [0.4, 0.5) is 11.4 Å². The Labute approximate surface area is 157 Å². The van der Waals surface area contributed by atoms with E-state index in [1.54, 1.807) is 10.5 Å². The molecule has 10 nitrogen and oxygen atoms in total. The number of benzene rings is 1. The van der Waals surface area contributed by atoms with Gasteiger partial charge < -0.3 is 5.32 Å². The second-order valence-electron chi connectivity index (χ2n) is 6.00. The van der Waals surface area contributed by atoms with Gasteiger partial charge in [-0.15, -0.1) is 10.2 Å². The van der Waals surface area contributed by atoms with Gasteiger partial charge in [0.25, 0.3) is 11.2 Å². The molecule has 0 fully saturated rings. The molecule has 27 heavy (non-hydrogen) atoms. The SMILES string of the molecule is CC(C)c1cc(=O)[nH]c2nnc(SCC(=O)Nc3cccc([N+](=O)[O-])c3)n12. The van der Waals surface area contributed by atoms with Crippen LogP contribution >= 0.6 is 11.8 Å². The fourth-order valence-corrected chi connectivity index (χ4v) is 3.22. The van der Waals surface area contributed by atoms with Gasteiger partial charge in [0, 0.05) is 29.6 Å². The minimum atomic E-state index is -0.527. The van der Waals surface area contributed by atoms with Crippen molar-refractivity contribution < 1.29 is 9.72 Å². The molecular formula is C16H16N6O4S. The van der Waals surface area contributed by atoms with Crippen molar-refractivity contribution in [3.63, 3.8) is 0 Å². The molecule has 0 radical (unpaired) electrons. The highest BCUT2D eigenvalue weighted by molar-refractivity contribution is 7.99. The third kappa shape index (κ3) is 4.14. The van der Waals surface area contributed by atoms with Crippen LogP contribution in [-0.2, 0) is 4.79 Å². The highest BCUT2D eigenvalue weighted by atomic mass is 32.2. The van der Waals surface area contributed by atoms with Crippen molar-refractivity contribution in [2.75, 3.05) is 11.1 Å². The first kappa shape index (κ1) is 18.6. The van der Waals surface area contributed by atoms with Crippen LogP contribution in [0.15, 0.2) is 40.3 Å². The van der Waals surface area contributed by atoms with E-state index in [0.717, 1.165) is 17.5 Å². The van der Waals surface area contributed by atoms with Gasteiger partial charge in [-0.25, -0.2) is 0 Å². The number of thioether (sulfide) groups is 1. The first-order valence-electron chi connectivity index (χ1n) is 8.00. The van der Waals surface area contributed by atoms with Gasteiger partial charge in [0.15, 0.2) is 5.16 Å². The molecule has 0 aliphatic heterocycles. The molecule has 0 unspecified atom stereocenters. The number of carbonyl (C=O) groups is 1. The van der Waals surface area contributed by atoms with E-state index < -0.39 is 4.92 Å². The quantitative estimate of drug-likeness (QED) is 0.375. The van der Waals surface area contributed by atoms with Crippen LogP contribution in [0.2, 0.25) is 0 Å². The summed E-state index contributed by atoms with van der Waals surface area (Å²) in [6.07, 6.45) is 0. The molecule has 1 amide bonds. The summed E-state index contributed by atoms with van der Waals surface area (Å²) in [4.78, 5) is 36.8. The molecule has 3 rings (SSSR count). The number of nitrogens with zero attached hydrogens (tertiary/aromatic N) is 4. The van der Waals surface area contributed by atoms with Crippen molar-refractivity contribution in [1.29, 1.82) is 0 Å². The molecule has 140 valence electrons. The third-order valence-corrected chi connectivity index (χ3v) is 4.60. The van der Waals surface area contributed by atoms with Gasteiger partial charge in [-0.3, -0.25) is 29.1 Å². The van der Waals surface area contributed by atoms with Crippen LogP contribution < -0.4 is 10.9 Å². The molecule has 0 bridgehead atoms. The minimum Gasteiger partial charge on any atom is -0.325 e. The maximum absolute atomic E-state index is 12.2. The monoisotopic (exact) mass is 388 g/mol. The normalized spacial score (nSPS) is 11.1. The predicted molar refractivity (Wildman–Crippen MR) is 100 cm³/mol. The minimum absolute atomic E-state index is 0.0279. The van der Waals surface area contributed by atoms with Gasteiger partial charge in [0.05, 0.1) is 10.7 Å². The highest BCUT2D eigenvalue weighted by Gasteiger charge is 2.16. The molecule has 0 spiro atoms. The van der Waals surface area contributed by atoms with E-state index in [0.29, 0.717) is 16.6 Å². The molecular weight excluding hydrogens is 372 g/mol. The van der Waals surface area contributed by atoms with Crippen molar-refractivity contribution in [3.05, 3.63) is 56.5 Å². The highest BCUT2D eigenvalue weighted by Crippen LogP contribution is 2.22. The number of hydrogen-bond acceptors (Lipinski definition) is 7. The lowest BCUT2D eigenvalue weighted by Gasteiger charge is -2.09. The zero-order chi connectivity index (χ0) is 19.6. The Morgan fingerprint density at radius 3 is 2.85 bits per heavy atom. The van der Waals surface area contributed by atoms with Crippen LogP contribution in [0.1, 0.15) is 25.5 Å². The largest absolute Gasteiger partial charge is 0.325 e. The standard InChI is InChI=1S/C16H16N6O4S/c1-9(2)12-7-13(23)18-15-19-20-16(21(12)15)27-8-14(24)17-10-4-3-5-11(6-10)22(25)26/h3-7,9H,8H2,1-2H3,(H,17,24)(H,18,19,23). The number of aromatic amines is 1. The number of aromatic nitrogens is 4. The Hall–Kier alpha value is -3.21. The summed E-state index contributed by atoms with van der Waals surface area (Å²) < 4.78 is 1.71. The topological polar surface area (TPSA) is 135 Å². The van der Waals surface area contributed by atoms with E-state index >= 15 is 0 Å². The Kier molecular flexibility index (Phi) is 5.21. The van der Waals surface area contributed by atoms with Crippen molar-refractivity contribution >= 4 is 34.8 Å². The van der Waals surface area contributed by atoms with E-state index in [1.807, 2.05) is 13.8 Å². The number of rotatable bonds is 6. The first-order chi connectivity index (χ1) is 12.8. The van der Waals surface area contributed by atoms with Gasteiger partial charge in [-0.1, -0.05) is 31.7 Å². The summed E-state index contributed by atoms with van der Waals surface area (Å²) in [5.41, 5.74) is 0.710. The van der Waals surface area contributed by atoms with Crippen molar-refractivity contribution in [3.8, 4) is 0 Å². The van der Waals surface area contributed by atoms with Crippen molar-refractivity contribution in [2.24, 2.45) is 0 Å². The maximum Gasteiger partial charge on any atom is 0.271 e. The average molecular weight is 388 g/mol. The van der Waals surface area contributed by atoms with Gasteiger partial charge in [-0.2, -0.15) is 0 Å². The lowest BCUT2D eigenvalue weighted by Crippen LogP contribution is -2.15. The molecule has 0 atom stereocenters. The smallest absolute Gasteiger partial charge is 0.271 e. The molecule has 2 N–H and O–H groups in total. The van der Waals surface area contributed by atoms with E-state index in [9.17, 15) is 19.7 Å². The number of carbonyl (C=O) groups excluding carboxylic acids is 1. The molecule has 11 heteroatoms. The molecule has 1 aromatic carbocycles. The number of nitrogens with one attached hydrogen (secondary N) is 2. The lowest BCUT2D eigenvalue weighted by molar-refractivity contribution is -0.384. The first-order valence-corrected chi connectivity index (χ1v) is 8.99. The summed E-state index contributed by atoms with van der Waals surface area (Å²) in [6.45, 7) is 3.88. The number of fused-ring (bicyclic) bond motifs is 1. The summed E-state index contributed by atoms with van der Waals surface area (Å²) in [6, 6.07) is 7.19. The number of nitro groups is 1. The zero-order valence-corrected chi connectivity index (χ0v) is 15.3. The second kappa shape index (κ2) is 7.58. The molecule has 0 aliphatic rings. The van der Waals surface area contributed by atoms with Crippen LogP contribution in [0, 0.1) is 10.1 Å². The molecule has 2 aromatic heterocycles. The van der Waals surface area contributed by atoms with Crippen LogP contribution in [0.3, 0.4) is 0 Å². The van der Waals surface area contributed by atoms with Gasteiger partial charge in [0.1, 0.15) is 0 Å². The number of anilines is 1. The van der Waals surface area contributed by atoms with E-state index in [2.05, 4.69) is 20.5 Å². The van der Waals surface area contributed by atoms with Crippen molar-refractivity contribution in [1.82, 2.24) is 19.6 Å². The number of amides is 1. The molecule has 2 heterocycles. The van der Waals surface area contributed by atoms with Gasteiger partial charge in [-0.05, 0) is 12.0 Å². The Morgan fingerprint density at radius 2 is 2.15 bits per heavy atom. The Bertz CT molecular complexity index is 1070. The fourth-order valence-electron chi connectivity index (χ4n) is 2.47. The summed E-state index contributed by atoms with van der Waals surface area (Å²) in [5, 5.41) is 21.9. The maximum atomic E-state index is 12.2. The Balaban J connectivity index is 1.75. The predicted octanol–water partition coefficient (Wildman–Crippen LogP) is 2.18. The molecule has 0 saturated heterocycles. The number of hydrogen-bond donors (Lipinski definition) is 2. The van der Waals surface area contributed by atoms with Crippen LogP contribution in [-0.4, -0.2) is 36.2 Å². The number of H-pyrrole nitrogens is 1. The molecule has 3 aromatic rings. The van der Waals surface area contributed by atoms with Gasteiger partial charge >= 0.3 is 0 Å². The number of non-ortho nitro benzene ring substituents is 1. The molecule has 0 aliphatic carbocycles.